The van der Waals surface area contributed by atoms with E-state index in [2.05, 4.69) is 44.8 Å². The largest absolute Gasteiger partial charge is 0.673 e. The number of rotatable bonds is 6. The van der Waals surface area contributed by atoms with Gasteiger partial charge < -0.3 is 36.2 Å². The lowest BCUT2D eigenvalue weighted by atomic mass is 9.92. The first-order valence-corrected chi connectivity index (χ1v) is 12.8. The molecule has 1 heterocycles. The number of fused-ring (bicyclic) bond motifs is 2. The first-order chi connectivity index (χ1) is 19.1. The molecule has 1 aromatic heterocycles. The molecule has 0 atom stereocenters. The summed E-state index contributed by atoms with van der Waals surface area (Å²) in [6.45, 7) is 0. The predicted octanol–water partition coefficient (Wildman–Crippen LogP) is 8.03. The van der Waals surface area contributed by atoms with E-state index >= 15 is 0 Å². The van der Waals surface area contributed by atoms with Gasteiger partial charge in [0.05, 0.1) is 44.8 Å². The van der Waals surface area contributed by atoms with Crippen LogP contribution in [-0.2, 0) is 0 Å². The zero-order chi connectivity index (χ0) is 29.0. The van der Waals surface area contributed by atoms with E-state index in [0.29, 0.717) is 11.5 Å². The van der Waals surface area contributed by atoms with E-state index in [-0.39, 0.29) is 0 Å². The smallest absolute Gasteiger partial charge is 0.496 e. The van der Waals surface area contributed by atoms with Crippen LogP contribution in [0.1, 0.15) is 0 Å². The highest BCUT2D eigenvalue weighted by molar-refractivity contribution is 9.10. The van der Waals surface area contributed by atoms with Crippen molar-refractivity contribution in [3.63, 3.8) is 0 Å². The maximum Gasteiger partial charge on any atom is 0.673 e. The molecule has 5 nitrogen and oxygen atoms in total. The van der Waals surface area contributed by atoms with Gasteiger partial charge in [-0.25, -0.2) is 0 Å². The third kappa shape index (κ3) is 5.79. The summed E-state index contributed by atoms with van der Waals surface area (Å²) >= 11 is 3.56. The van der Waals surface area contributed by atoms with Gasteiger partial charge in [-0.2, -0.15) is 4.57 Å². The Balaban J connectivity index is 0.000000681. The molecule has 4 aromatic carbocycles. The third-order valence-electron chi connectivity index (χ3n) is 6.19. The monoisotopic (exact) mass is 617 g/mol. The predicted molar refractivity (Wildman–Crippen MR) is 153 cm³/mol. The molecule has 0 saturated carbocycles. The second-order valence-corrected chi connectivity index (χ2v) is 9.34. The van der Waals surface area contributed by atoms with Crippen LogP contribution in [0.5, 0.6) is 23.0 Å². The Kier molecular flexibility index (Phi) is 8.73. The fraction of sp³-hybridized carbons (Fsp3) is 0.138. The molecule has 0 spiro atoms. The number of nitrogens with zero attached hydrogens (tertiary/aromatic N) is 1. The number of halogens is 5. The highest BCUT2D eigenvalue weighted by atomic mass is 79.9. The van der Waals surface area contributed by atoms with Gasteiger partial charge in [0.25, 0.3) is 0 Å². The highest BCUT2D eigenvalue weighted by Crippen LogP contribution is 2.49. The number of benzene rings is 4. The average molecular weight is 618 g/mol. The second kappa shape index (κ2) is 12.0. The lowest BCUT2D eigenvalue weighted by Gasteiger charge is -2.19. The van der Waals surface area contributed by atoms with E-state index in [1.54, 1.807) is 28.4 Å². The molecule has 0 saturated heterocycles. The van der Waals surface area contributed by atoms with E-state index in [4.69, 9.17) is 18.9 Å². The molecule has 11 heteroatoms. The van der Waals surface area contributed by atoms with Crippen molar-refractivity contribution in [2.75, 3.05) is 28.4 Å². The average Bonchev–Trinajstić information content (AvgIpc) is 2.94. The van der Waals surface area contributed by atoms with Gasteiger partial charge in [-0.1, -0.05) is 34.1 Å². The molecule has 0 aliphatic heterocycles. The Morgan fingerprint density at radius 1 is 0.550 bits per heavy atom. The second-order valence-electron chi connectivity index (χ2n) is 8.43. The van der Waals surface area contributed by atoms with E-state index in [0.717, 1.165) is 54.6 Å². The molecule has 0 fully saturated rings. The topological polar surface area (TPSA) is 40.8 Å². The van der Waals surface area contributed by atoms with Crippen molar-refractivity contribution >= 4 is 45.0 Å². The minimum Gasteiger partial charge on any atom is -0.496 e. The highest BCUT2D eigenvalue weighted by Gasteiger charge is 2.30. The minimum atomic E-state index is -6.00. The molecule has 0 aliphatic carbocycles. The number of pyridine rings is 1. The van der Waals surface area contributed by atoms with Gasteiger partial charge in [-0.3, -0.25) is 0 Å². The van der Waals surface area contributed by atoms with Crippen LogP contribution in [-0.4, -0.2) is 35.7 Å². The Hall–Kier alpha value is -3.99. The van der Waals surface area contributed by atoms with Gasteiger partial charge in [0, 0.05) is 34.3 Å². The molecule has 0 unspecified atom stereocenters. The number of methoxy groups -OCH3 is 4. The zero-order valence-corrected chi connectivity index (χ0v) is 23.6. The summed E-state index contributed by atoms with van der Waals surface area (Å²) < 4.78 is 65.8. The maximum atomic E-state index is 9.75. The van der Waals surface area contributed by atoms with Crippen LogP contribution in [0.15, 0.2) is 83.3 Å². The Morgan fingerprint density at radius 3 is 1.32 bits per heavy atom. The third-order valence-corrected chi connectivity index (χ3v) is 6.72. The SMILES string of the molecule is COc1cccc(OC)c1-c1c2c(OC)cccc2[n+](-c2ccc(Br)cc2)c2cccc(OC)c12.F[B-](F)(F)F. The van der Waals surface area contributed by atoms with Crippen molar-refractivity contribution in [1.82, 2.24) is 0 Å². The molecule has 0 amide bonds. The number of hydrogen-bond donors (Lipinski definition) is 0. The molecule has 0 N–H and O–H groups in total. The summed E-state index contributed by atoms with van der Waals surface area (Å²) in [7, 11) is 0.715. The lowest BCUT2D eigenvalue weighted by Crippen LogP contribution is -2.33. The summed E-state index contributed by atoms with van der Waals surface area (Å²) in [4.78, 5) is 0. The van der Waals surface area contributed by atoms with Crippen molar-refractivity contribution in [3.05, 3.63) is 83.3 Å². The molecule has 0 bridgehead atoms. The van der Waals surface area contributed by atoms with Crippen molar-refractivity contribution in [2.45, 2.75) is 0 Å². The Labute approximate surface area is 237 Å². The summed E-state index contributed by atoms with van der Waals surface area (Å²) in [6, 6.07) is 26.2. The fourth-order valence-electron chi connectivity index (χ4n) is 4.73. The maximum absolute atomic E-state index is 9.75. The van der Waals surface area contributed by atoms with Crippen molar-refractivity contribution in [3.8, 4) is 39.8 Å². The van der Waals surface area contributed by atoms with Gasteiger partial charge in [-0.05, 0) is 36.4 Å². The van der Waals surface area contributed by atoms with Crippen LogP contribution in [0.3, 0.4) is 0 Å². The van der Waals surface area contributed by atoms with E-state index in [1.165, 1.54) is 0 Å². The van der Waals surface area contributed by atoms with Crippen LogP contribution in [0.2, 0.25) is 0 Å². The molecular weight excluding hydrogens is 593 g/mol. The Morgan fingerprint density at radius 2 is 0.925 bits per heavy atom. The standard InChI is InChI=1S/C29H25BrNO4.BF4/c1-32-22-10-5-8-20-26(22)29(28-24(34-3)12-7-13-25(28)35-4)27-21(9-6-11-23(27)33-2)31(20)19-16-14-18(30)15-17-19;2-1(3,4)5/h5-17H,1-4H3;/q+1;-1. The van der Waals surface area contributed by atoms with Crippen LogP contribution >= 0.6 is 15.9 Å². The number of ether oxygens (including phenoxy) is 4. The Bertz CT molecular complexity index is 1570. The number of hydrogen-bond acceptors (Lipinski definition) is 4. The van der Waals surface area contributed by atoms with Gasteiger partial charge in [-0.15, -0.1) is 0 Å². The van der Waals surface area contributed by atoms with Gasteiger partial charge in [0.15, 0.2) is 0 Å². The van der Waals surface area contributed by atoms with Crippen molar-refractivity contribution < 1.29 is 40.8 Å². The van der Waals surface area contributed by atoms with E-state index in [9.17, 15) is 17.3 Å². The summed E-state index contributed by atoms with van der Waals surface area (Å²) in [5.74, 6) is 2.88. The van der Waals surface area contributed by atoms with Crippen LogP contribution in [0.25, 0.3) is 38.6 Å². The van der Waals surface area contributed by atoms with Crippen LogP contribution in [0, 0.1) is 0 Å². The molecule has 0 radical (unpaired) electrons. The van der Waals surface area contributed by atoms with Crippen molar-refractivity contribution in [2.24, 2.45) is 0 Å². The lowest BCUT2D eigenvalue weighted by molar-refractivity contribution is -0.538. The van der Waals surface area contributed by atoms with Gasteiger partial charge in [0.1, 0.15) is 23.0 Å². The van der Waals surface area contributed by atoms with Gasteiger partial charge >= 0.3 is 7.25 Å². The minimum absolute atomic E-state index is 0.699. The molecule has 0 aliphatic rings. The van der Waals surface area contributed by atoms with Gasteiger partial charge in [0.2, 0.25) is 16.7 Å². The zero-order valence-electron chi connectivity index (χ0n) is 22.1. The summed E-state index contributed by atoms with van der Waals surface area (Å²) in [6.07, 6.45) is 0. The van der Waals surface area contributed by atoms with Crippen LogP contribution in [0.4, 0.5) is 17.3 Å². The molecular formula is C29H25BBrF4NO4. The van der Waals surface area contributed by atoms with Crippen molar-refractivity contribution in [1.29, 1.82) is 0 Å². The number of aromatic nitrogens is 1. The first kappa shape index (κ1) is 29.0. The molecule has 5 aromatic rings. The quantitative estimate of drug-likeness (QED) is 0.0837. The van der Waals surface area contributed by atoms with E-state index < -0.39 is 7.25 Å². The normalized spacial score (nSPS) is 11.1. The summed E-state index contributed by atoms with van der Waals surface area (Å²) in [5, 5.41) is 1.86. The molecule has 40 heavy (non-hydrogen) atoms. The first-order valence-electron chi connectivity index (χ1n) is 12.0. The van der Waals surface area contributed by atoms with Crippen LogP contribution < -0.4 is 23.5 Å². The molecule has 208 valence electrons. The molecule has 5 rings (SSSR count). The summed E-state index contributed by atoms with van der Waals surface area (Å²) in [5.41, 5.74) is 4.74. The van der Waals surface area contributed by atoms with E-state index in [1.807, 2.05) is 54.6 Å². The fourth-order valence-corrected chi connectivity index (χ4v) is 4.99.